The van der Waals surface area contributed by atoms with Gasteiger partial charge in [0.1, 0.15) is 5.82 Å². The first kappa shape index (κ1) is 13.5. The van der Waals surface area contributed by atoms with Gasteiger partial charge >= 0.3 is 5.97 Å². The lowest BCUT2D eigenvalue weighted by atomic mass is 10.2. The molecule has 0 radical (unpaired) electrons. The summed E-state index contributed by atoms with van der Waals surface area (Å²) in [7, 11) is 0. The van der Waals surface area contributed by atoms with Crippen molar-refractivity contribution in [3.63, 3.8) is 0 Å². The van der Waals surface area contributed by atoms with Crippen molar-refractivity contribution in [2.24, 2.45) is 0 Å². The molecule has 1 aromatic carbocycles. The Balaban J connectivity index is 2.37. The number of thioether (sulfide) groups is 1. The van der Waals surface area contributed by atoms with Gasteiger partial charge in [-0.05, 0) is 19.1 Å². The molecule has 1 N–H and O–H groups in total. The van der Waals surface area contributed by atoms with Crippen LogP contribution >= 0.6 is 11.8 Å². The van der Waals surface area contributed by atoms with Crippen LogP contribution in [0.3, 0.4) is 0 Å². The smallest absolute Gasteiger partial charge is 0.313 e. The lowest BCUT2D eigenvalue weighted by molar-refractivity contribution is -0.133. The second-order valence-electron chi connectivity index (χ2n) is 3.71. The van der Waals surface area contributed by atoms with E-state index in [2.05, 4.69) is 10.2 Å². The highest BCUT2D eigenvalue weighted by Gasteiger charge is 2.16. The van der Waals surface area contributed by atoms with Crippen molar-refractivity contribution in [3.05, 3.63) is 30.1 Å². The Labute approximate surface area is 113 Å². The van der Waals surface area contributed by atoms with Crippen LogP contribution in [0.5, 0.6) is 0 Å². The van der Waals surface area contributed by atoms with Gasteiger partial charge in [-0.1, -0.05) is 23.9 Å². The molecule has 0 unspecified atom stereocenters. The van der Waals surface area contributed by atoms with Crippen molar-refractivity contribution in [1.29, 1.82) is 0 Å². The number of rotatable bonds is 5. The van der Waals surface area contributed by atoms with Crippen LogP contribution in [0.2, 0.25) is 0 Å². The number of carboxylic acid groups (broad SMARTS) is 1. The summed E-state index contributed by atoms with van der Waals surface area (Å²) in [6.45, 7) is 2.41. The maximum atomic E-state index is 13.7. The molecule has 0 bridgehead atoms. The van der Waals surface area contributed by atoms with Crippen molar-refractivity contribution in [1.82, 2.24) is 14.8 Å². The average molecular weight is 281 g/mol. The number of aliphatic carboxylic acids is 1. The molecule has 1 aromatic heterocycles. The zero-order valence-electron chi connectivity index (χ0n) is 10.2. The van der Waals surface area contributed by atoms with Gasteiger partial charge in [-0.3, -0.25) is 4.79 Å². The predicted octanol–water partition coefficient (Wildman–Crippen LogP) is 2.28. The molecule has 7 heteroatoms. The van der Waals surface area contributed by atoms with E-state index < -0.39 is 5.97 Å². The SMILES string of the molecule is CCn1c(SCC(=O)O)nnc1-c1ccccc1F. The van der Waals surface area contributed by atoms with Crippen molar-refractivity contribution in [3.8, 4) is 11.4 Å². The highest BCUT2D eigenvalue weighted by molar-refractivity contribution is 7.99. The van der Waals surface area contributed by atoms with Crippen LogP contribution in [0.4, 0.5) is 4.39 Å². The molecule has 0 aliphatic rings. The predicted molar refractivity (Wildman–Crippen MR) is 69.4 cm³/mol. The van der Waals surface area contributed by atoms with Gasteiger partial charge < -0.3 is 9.67 Å². The van der Waals surface area contributed by atoms with E-state index >= 15 is 0 Å². The highest BCUT2D eigenvalue weighted by Crippen LogP contribution is 2.25. The van der Waals surface area contributed by atoms with Gasteiger partial charge in [0.15, 0.2) is 11.0 Å². The number of carboxylic acids is 1. The van der Waals surface area contributed by atoms with Gasteiger partial charge in [-0.2, -0.15) is 0 Å². The van der Waals surface area contributed by atoms with Gasteiger partial charge in [0.2, 0.25) is 0 Å². The van der Waals surface area contributed by atoms with Crippen molar-refractivity contribution < 1.29 is 14.3 Å². The van der Waals surface area contributed by atoms with Gasteiger partial charge in [0.25, 0.3) is 0 Å². The Morgan fingerprint density at radius 3 is 2.79 bits per heavy atom. The minimum absolute atomic E-state index is 0.102. The van der Waals surface area contributed by atoms with Crippen molar-refractivity contribution in [2.45, 2.75) is 18.6 Å². The molecular formula is C12H12FN3O2S. The van der Waals surface area contributed by atoms with Gasteiger partial charge in [-0.25, -0.2) is 4.39 Å². The summed E-state index contributed by atoms with van der Waals surface area (Å²) in [4.78, 5) is 10.6. The molecule has 2 rings (SSSR count). The Morgan fingerprint density at radius 1 is 1.42 bits per heavy atom. The minimum Gasteiger partial charge on any atom is -0.481 e. The number of benzene rings is 1. The maximum Gasteiger partial charge on any atom is 0.313 e. The Bertz CT molecular complexity index is 600. The second-order valence-corrected chi connectivity index (χ2v) is 4.66. The van der Waals surface area contributed by atoms with E-state index in [1.54, 1.807) is 22.8 Å². The van der Waals surface area contributed by atoms with E-state index in [4.69, 9.17) is 5.11 Å². The van der Waals surface area contributed by atoms with Crippen LogP contribution in [-0.2, 0) is 11.3 Å². The van der Waals surface area contributed by atoms with Crippen LogP contribution in [-0.4, -0.2) is 31.6 Å². The maximum absolute atomic E-state index is 13.7. The number of aromatic nitrogens is 3. The summed E-state index contributed by atoms with van der Waals surface area (Å²) in [6, 6.07) is 6.30. The number of carbonyl (C=O) groups is 1. The monoisotopic (exact) mass is 281 g/mol. The largest absolute Gasteiger partial charge is 0.481 e. The fourth-order valence-corrected chi connectivity index (χ4v) is 2.37. The van der Waals surface area contributed by atoms with E-state index in [1.807, 2.05) is 6.92 Å². The summed E-state index contributed by atoms with van der Waals surface area (Å²) in [5.41, 5.74) is 0.360. The lowest BCUT2D eigenvalue weighted by Gasteiger charge is -2.07. The molecule has 0 saturated carbocycles. The normalized spacial score (nSPS) is 10.6. The van der Waals surface area contributed by atoms with E-state index in [0.29, 0.717) is 23.1 Å². The Hall–Kier alpha value is -1.89. The zero-order chi connectivity index (χ0) is 13.8. The van der Waals surface area contributed by atoms with Gasteiger partial charge in [0, 0.05) is 6.54 Å². The zero-order valence-corrected chi connectivity index (χ0v) is 11.0. The minimum atomic E-state index is -0.928. The van der Waals surface area contributed by atoms with Gasteiger partial charge in [-0.15, -0.1) is 10.2 Å². The summed E-state index contributed by atoms with van der Waals surface area (Å²) in [5.74, 6) is -0.994. The first-order valence-corrected chi connectivity index (χ1v) is 6.64. The number of nitrogens with zero attached hydrogens (tertiary/aromatic N) is 3. The van der Waals surface area contributed by atoms with E-state index in [-0.39, 0.29) is 11.6 Å². The van der Waals surface area contributed by atoms with Crippen molar-refractivity contribution >= 4 is 17.7 Å². The van der Waals surface area contributed by atoms with E-state index in [0.717, 1.165) is 11.8 Å². The summed E-state index contributed by atoms with van der Waals surface area (Å²) in [5, 5.41) is 17.0. The third-order valence-corrected chi connectivity index (χ3v) is 3.42. The van der Waals surface area contributed by atoms with Crippen LogP contribution < -0.4 is 0 Å². The summed E-state index contributed by atoms with van der Waals surface area (Å²) in [6.07, 6.45) is 0. The standard InChI is InChI=1S/C12H12FN3O2S/c1-2-16-11(8-5-3-4-6-9(8)13)14-15-12(16)19-7-10(17)18/h3-6H,2,7H2,1H3,(H,17,18). The molecule has 0 aliphatic carbocycles. The fraction of sp³-hybridized carbons (Fsp3) is 0.250. The summed E-state index contributed by atoms with van der Waals surface area (Å²) < 4.78 is 15.4. The third kappa shape index (κ3) is 2.93. The number of hydrogen-bond acceptors (Lipinski definition) is 4. The second kappa shape index (κ2) is 5.83. The Morgan fingerprint density at radius 2 is 2.16 bits per heavy atom. The van der Waals surface area contributed by atoms with Crippen LogP contribution in [0.1, 0.15) is 6.92 Å². The molecule has 100 valence electrons. The molecule has 0 aliphatic heterocycles. The molecular weight excluding hydrogens is 269 g/mol. The van der Waals surface area contributed by atoms with Crippen LogP contribution in [0.25, 0.3) is 11.4 Å². The quantitative estimate of drug-likeness (QED) is 0.852. The fourth-order valence-electron chi connectivity index (χ4n) is 1.65. The highest BCUT2D eigenvalue weighted by atomic mass is 32.2. The molecule has 0 amide bonds. The molecule has 0 spiro atoms. The topological polar surface area (TPSA) is 68.0 Å². The van der Waals surface area contributed by atoms with E-state index in [9.17, 15) is 9.18 Å². The van der Waals surface area contributed by atoms with E-state index in [1.165, 1.54) is 6.07 Å². The van der Waals surface area contributed by atoms with Gasteiger partial charge in [0.05, 0.1) is 11.3 Å². The first-order valence-electron chi connectivity index (χ1n) is 5.66. The third-order valence-electron chi connectivity index (χ3n) is 2.47. The summed E-state index contributed by atoms with van der Waals surface area (Å²) >= 11 is 1.07. The van der Waals surface area contributed by atoms with Crippen LogP contribution in [0, 0.1) is 5.82 Å². The van der Waals surface area contributed by atoms with Crippen LogP contribution in [0.15, 0.2) is 29.4 Å². The van der Waals surface area contributed by atoms with Crippen molar-refractivity contribution in [2.75, 3.05) is 5.75 Å². The number of halogens is 1. The Kier molecular flexibility index (Phi) is 4.16. The molecule has 2 aromatic rings. The molecule has 0 saturated heterocycles. The molecule has 1 heterocycles. The first-order chi connectivity index (χ1) is 9.13. The molecule has 0 fully saturated rings. The molecule has 0 atom stereocenters. The average Bonchev–Trinajstić information content (AvgIpc) is 2.79. The lowest BCUT2D eigenvalue weighted by Crippen LogP contribution is -2.03. The number of hydrogen-bond donors (Lipinski definition) is 1. The molecule has 5 nitrogen and oxygen atoms in total. The molecule has 19 heavy (non-hydrogen) atoms.